The zero-order valence-corrected chi connectivity index (χ0v) is 20.6. The topological polar surface area (TPSA) is 83.6 Å². The second-order valence-corrected chi connectivity index (χ2v) is 8.57. The van der Waals surface area contributed by atoms with Gasteiger partial charge in [-0.05, 0) is 56.8 Å². The first kappa shape index (κ1) is 25.5. The lowest BCUT2D eigenvalue weighted by atomic mass is 9.92. The van der Waals surface area contributed by atoms with E-state index in [1.807, 2.05) is 36.4 Å². The highest BCUT2D eigenvalue weighted by Crippen LogP contribution is 2.43. The van der Waals surface area contributed by atoms with Gasteiger partial charge in [0.1, 0.15) is 11.5 Å². The number of likely N-dealkylation sites (N-methyl/N-ethyl adjacent to an activating group) is 1. The van der Waals surface area contributed by atoms with Crippen molar-refractivity contribution in [2.45, 2.75) is 31.9 Å². The minimum absolute atomic E-state index is 0. The predicted octanol–water partition coefficient (Wildman–Crippen LogP) is 4.76. The van der Waals surface area contributed by atoms with Crippen molar-refractivity contribution < 1.29 is 14.3 Å². The maximum atomic E-state index is 13.8. The minimum Gasteiger partial charge on any atom is -0.459 e. The Balaban J connectivity index is 0.00000324. The molecule has 0 bridgehead atoms. The zero-order chi connectivity index (χ0) is 23.6. The van der Waals surface area contributed by atoms with Gasteiger partial charge in [0, 0.05) is 11.4 Å². The van der Waals surface area contributed by atoms with Gasteiger partial charge < -0.3 is 15.4 Å². The van der Waals surface area contributed by atoms with E-state index < -0.39 is 11.6 Å². The van der Waals surface area contributed by atoms with Crippen molar-refractivity contribution in [3.8, 4) is 5.88 Å². The predicted molar refractivity (Wildman–Crippen MR) is 136 cm³/mol. The molecule has 1 aliphatic rings. The minimum atomic E-state index is -1.22. The molecule has 2 heterocycles. The molecular weight excluding hydrogens is 475 g/mol. The molecule has 0 fully saturated rings. The van der Waals surface area contributed by atoms with E-state index in [4.69, 9.17) is 16.3 Å². The second-order valence-electron chi connectivity index (χ2n) is 8.14. The summed E-state index contributed by atoms with van der Waals surface area (Å²) in [5.41, 5.74) is 0.825. The van der Waals surface area contributed by atoms with Gasteiger partial charge in [-0.2, -0.15) is 4.98 Å². The van der Waals surface area contributed by atoms with Crippen molar-refractivity contribution in [3.05, 3.63) is 77.3 Å². The molecule has 1 aromatic heterocycles. The Kier molecular flexibility index (Phi) is 7.82. The molecule has 2 unspecified atom stereocenters. The molecule has 2 N–H and O–H groups in total. The van der Waals surface area contributed by atoms with Crippen LogP contribution in [0.15, 0.2) is 66.7 Å². The molecule has 0 saturated carbocycles. The van der Waals surface area contributed by atoms with Crippen LogP contribution < -0.4 is 20.3 Å². The summed E-state index contributed by atoms with van der Waals surface area (Å²) in [6.07, 6.45) is 0.345. The summed E-state index contributed by atoms with van der Waals surface area (Å²) in [6, 6.07) is 19.7. The number of anilines is 3. The summed E-state index contributed by atoms with van der Waals surface area (Å²) < 4.78 is 6.22. The first-order valence-corrected chi connectivity index (χ1v) is 11.0. The lowest BCUT2D eigenvalue weighted by Gasteiger charge is -2.40. The molecule has 4 rings (SSSR count). The van der Waals surface area contributed by atoms with E-state index in [-0.39, 0.29) is 30.1 Å². The fourth-order valence-electron chi connectivity index (χ4n) is 3.69. The van der Waals surface area contributed by atoms with Crippen LogP contribution in [0.4, 0.5) is 17.2 Å². The van der Waals surface area contributed by atoms with Gasteiger partial charge in [0.25, 0.3) is 5.91 Å². The SMILES string of the molecule is CNC(C)C(=O)Nc1ccc2c(n1)OC(C)(Cc1ccccc1)C(=O)N2c1cccc(Cl)c1.Cl. The fraction of sp³-hybridized carbons (Fsp3) is 0.240. The number of aromatic nitrogens is 1. The molecule has 9 heteroatoms. The molecule has 0 aliphatic carbocycles. The smallest absolute Gasteiger partial charge is 0.276 e. The summed E-state index contributed by atoms with van der Waals surface area (Å²) in [5.74, 6) is 0.130. The van der Waals surface area contributed by atoms with Crippen LogP contribution in [0.5, 0.6) is 5.88 Å². The Bertz CT molecular complexity index is 1190. The Morgan fingerprint density at radius 1 is 1.15 bits per heavy atom. The molecule has 2 aromatic carbocycles. The maximum Gasteiger partial charge on any atom is 0.276 e. The first-order valence-electron chi connectivity index (χ1n) is 10.6. The quantitative estimate of drug-likeness (QED) is 0.509. The number of nitrogens with one attached hydrogen (secondary N) is 2. The van der Waals surface area contributed by atoms with Crippen molar-refractivity contribution in [1.29, 1.82) is 0 Å². The molecule has 2 amide bonds. The molecular formula is C25H26Cl2N4O3. The third kappa shape index (κ3) is 5.17. The monoisotopic (exact) mass is 500 g/mol. The van der Waals surface area contributed by atoms with E-state index in [1.165, 1.54) is 0 Å². The van der Waals surface area contributed by atoms with Gasteiger partial charge >= 0.3 is 0 Å². The molecule has 7 nitrogen and oxygen atoms in total. The van der Waals surface area contributed by atoms with E-state index >= 15 is 0 Å². The lowest BCUT2D eigenvalue weighted by molar-refractivity contribution is -0.133. The van der Waals surface area contributed by atoms with E-state index in [2.05, 4.69) is 15.6 Å². The van der Waals surface area contributed by atoms with Gasteiger partial charge in [-0.15, -0.1) is 12.4 Å². The Morgan fingerprint density at radius 3 is 2.56 bits per heavy atom. The average Bonchev–Trinajstić information content (AvgIpc) is 2.80. The molecule has 0 saturated heterocycles. The summed E-state index contributed by atoms with van der Waals surface area (Å²) in [4.78, 5) is 32.2. The van der Waals surface area contributed by atoms with Gasteiger partial charge in [-0.25, -0.2) is 0 Å². The van der Waals surface area contributed by atoms with Gasteiger partial charge in [-0.3, -0.25) is 14.5 Å². The fourth-order valence-corrected chi connectivity index (χ4v) is 3.87. The standard InChI is InChI=1S/C25H25ClN4O3.ClH/c1-16(27-3)22(31)28-21-13-12-20-23(29-21)33-25(2,15-17-8-5-4-6-9-17)24(32)30(20)19-11-7-10-18(26)14-19;/h4-14,16,27H,15H2,1-3H3,(H,28,29,31);1H. The molecule has 0 radical (unpaired) electrons. The number of benzene rings is 2. The summed E-state index contributed by atoms with van der Waals surface area (Å²) >= 11 is 6.23. The molecule has 178 valence electrons. The Labute approximate surface area is 209 Å². The number of pyridine rings is 1. The van der Waals surface area contributed by atoms with Crippen LogP contribution in [0.25, 0.3) is 0 Å². The van der Waals surface area contributed by atoms with Crippen LogP contribution in [-0.4, -0.2) is 35.5 Å². The van der Waals surface area contributed by atoms with E-state index in [9.17, 15) is 9.59 Å². The van der Waals surface area contributed by atoms with E-state index in [0.29, 0.717) is 28.6 Å². The van der Waals surface area contributed by atoms with Crippen molar-refractivity contribution in [1.82, 2.24) is 10.3 Å². The van der Waals surface area contributed by atoms with Gasteiger partial charge in [0.05, 0.1) is 11.7 Å². The number of ether oxygens (including phenoxy) is 1. The number of nitrogens with zero attached hydrogens (tertiary/aromatic N) is 2. The third-order valence-electron chi connectivity index (χ3n) is 5.59. The second kappa shape index (κ2) is 10.4. The third-order valence-corrected chi connectivity index (χ3v) is 5.82. The number of amides is 2. The first-order chi connectivity index (χ1) is 15.8. The van der Waals surface area contributed by atoms with Crippen LogP contribution in [0, 0.1) is 0 Å². The molecule has 0 spiro atoms. The van der Waals surface area contributed by atoms with Crippen molar-refractivity contribution in [2.75, 3.05) is 17.3 Å². The molecule has 2 atom stereocenters. The zero-order valence-electron chi connectivity index (χ0n) is 19.0. The van der Waals surface area contributed by atoms with Crippen molar-refractivity contribution in [3.63, 3.8) is 0 Å². The number of halogens is 2. The van der Waals surface area contributed by atoms with Crippen LogP contribution in [0.3, 0.4) is 0 Å². The summed E-state index contributed by atoms with van der Waals surface area (Å²) in [5, 5.41) is 6.18. The highest BCUT2D eigenvalue weighted by molar-refractivity contribution is 6.31. The Morgan fingerprint density at radius 2 is 1.88 bits per heavy atom. The van der Waals surface area contributed by atoms with Crippen LogP contribution >= 0.6 is 24.0 Å². The highest BCUT2D eigenvalue weighted by Gasteiger charge is 2.46. The molecule has 34 heavy (non-hydrogen) atoms. The average molecular weight is 501 g/mol. The normalized spacial score (nSPS) is 17.8. The van der Waals surface area contributed by atoms with Crippen LogP contribution in [0.2, 0.25) is 5.02 Å². The summed E-state index contributed by atoms with van der Waals surface area (Å²) in [7, 11) is 1.71. The van der Waals surface area contributed by atoms with Gasteiger partial charge in [0.15, 0.2) is 5.60 Å². The number of carbonyl (C=O) groups excluding carboxylic acids is 2. The maximum absolute atomic E-state index is 13.8. The molecule has 1 aliphatic heterocycles. The van der Waals surface area contributed by atoms with Crippen molar-refractivity contribution in [2.24, 2.45) is 0 Å². The number of hydrogen-bond donors (Lipinski definition) is 2. The van der Waals surface area contributed by atoms with Gasteiger partial charge in [-0.1, -0.05) is 48.0 Å². The Hall–Kier alpha value is -3.13. The van der Waals surface area contributed by atoms with E-state index in [1.54, 1.807) is 56.1 Å². The lowest BCUT2D eigenvalue weighted by Crippen LogP contribution is -2.54. The number of carbonyl (C=O) groups is 2. The summed E-state index contributed by atoms with van der Waals surface area (Å²) in [6.45, 7) is 3.50. The molecule has 3 aromatic rings. The van der Waals surface area contributed by atoms with E-state index in [0.717, 1.165) is 5.56 Å². The van der Waals surface area contributed by atoms with Crippen LogP contribution in [-0.2, 0) is 16.0 Å². The van der Waals surface area contributed by atoms with Crippen molar-refractivity contribution >= 4 is 53.0 Å². The van der Waals surface area contributed by atoms with Crippen LogP contribution in [0.1, 0.15) is 19.4 Å². The largest absolute Gasteiger partial charge is 0.459 e. The number of fused-ring (bicyclic) bond motifs is 1. The number of hydrogen-bond acceptors (Lipinski definition) is 5. The number of rotatable bonds is 6. The van der Waals surface area contributed by atoms with Gasteiger partial charge in [0.2, 0.25) is 11.8 Å². The highest BCUT2D eigenvalue weighted by atomic mass is 35.5.